The molecule has 1 N–H and O–H groups in total. The van der Waals surface area contributed by atoms with Gasteiger partial charge >= 0.3 is 0 Å². The normalized spacial score (nSPS) is 10.4. The average Bonchev–Trinajstić information content (AvgIpc) is 2.93. The van der Waals surface area contributed by atoms with E-state index in [9.17, 15) is 4.79 Å². The number of carbonyl (C=O) groups is 1. The fourth-order valence-electron chi connectivity index (χ4n) is 1.72. The summed E-state index contributed by atoms with van der Waals surface area (Å²) in [5, 5.41) is 7.21. The summed E-state index contributed by atoms with van der Waals surface area (Å²) in [6, 6.07) is 10.9. The van der Waals surface area contributed by atoms with Crippen LogP contribution in [0.4, 0.5) is 5.69 Å². The van der Waals surface area contributed by atoms with E-state index >= 15 is 0 Å². The van der Waals surface area contributed by atoms with Crippen LogP contribution in [0.3, 0.4) is 0 Å². The molecular weight excluding hydrogens is 230 g/mol. The summed E-state index contributed by atoms with van der Waals surface area (Å²) in [6.45, 7) is 0. The van der Waals surface area contributed by atoms with Crippen molar-refractivity contribution in [3.05, 3.63) is 54.6 Å². The van der Waals surface area contributed by atoms with E-state index in [1.165, 1.54) is 12.3 Å². The molecule has 0 aliphatic heterocycles. The lowest BCUT2D eigenvalue weighted by Crippen LogP contribution is -2.11. The van der Waals surface area contributed by atoms with Crippen molar-refractivity contribution in [3.8, 4) is 0 Å². The maximum absolute atomic E-state index is 11.8. The molecule has 1 amide bonds. The zero-order valence-electron chi connectivity index (χ0n) is 9.33. The molecule has 3 aromatic rings. The van der Waals surface area contributed by atoms with Gasteiger partial charge in [-0.3, -0.25) is 9.78 Å². The number of amides is 1. The van der Waals surface area contributed by atoms with Crippen LogP contribution in [0.15, 0.2) is 53.3 Å². The third kappa shape index (κ3) is 1.82. The van der Waals surface area contributed by atoms with E-state index in [4.69, 9.17) is 4.52 Å². The van der Waals surface area contributed by atoms with E-state index in [-0.39, 0.29) is 11.7 Å². The van der Waals surface area contributed by atoms with E-state index < -0.39 is 0 Å². The Bertz CT molecular complexity index is 687. The summed E-state index contributed by atoms with van der Waals surface area (Å²) in [7, 11) is 0. The summed E-state index contributed by atoms with van der Waals surface area (Å²) in [4.78, 5) is 16.1. The highest BCUT2D eigenvalue weighted by Gasteiger charge is 2.11. The van der Waals surface area contributed by atoms with Gasteiger partial charge in [-0.2, -0.15) is 0 Å². The van der Waals surface area contributed by atoms with Crippen LogP contribution in [-0.2, 0) is 0 Å². The van der Waals surface area contributed by atoms with Crippen molar-refractivity contribution in [3.63, 3.8) is 0 Å². The molecule has 0 saturated carbocycles. The Hall–Kier alpha value is -2.69. The second-order valence-electron chi connectivity index (χ2n) is 3.71. The lowest BCUT2D eigenvalue weighted by atomic mass is 10.2. The van der Waals surface area contributed by atoms with Crippen LogP contribution in [0.5, 0.6) is 0 Å². The van der Waals surface area contributed by atoms with Gasteiger partial charge < -0.3 is 9.84 Å². The number of nitrogens with one attached hydrogen (secondary N) is 1. The quantitative estimate of drug-likeness (QED) is 0.745. The van der Waals surface area contributed by atoms with Gasteiger partial charge in [-0.05, 0) is 12.1 Å². The molecule has 0 fully saturated rings. The Kier molecular flexibility index (Phi) is 2.49. The van der Waals surface area contributed by atoms with Crippen LogP contribution >= 0.6 is 0 Å². The highest BCUT2D eigenvalue weighted by molar-refractivity contribution is 6.06. The Morgan fingerprint density at radius 2 is 2.00 bits per heavy atom. The molecule has 2 aromatic heterocycles. The zero-order chi connectivity index (χ0) is 12.4. The number of fused-ring (bicyclic) bond motifs is 1. The largest absolute Gasteiger partial charge is 0.351 e. The molecule has 1 aromatic carbocycles. The highest BCUT2D eigenvalue weighted by atomic mass is 16.5. The monoisotopic (exact) mass is 239 g/mol. The van der Waals surface area contributed by atoms with E-state index in [0.29, 0.717) is 5.69 Å². The number of benzene rings is 1. The number of rotatable bonds is 2. The molecule has 0 bridgehead atoms. The van der Waals surface area contributed by atoms with Gasteiger partial charge in [-0.25, -0.2) is 0 Å². The Morgan fingerprint density at radius 1 is 1.11 bits per heavy atom. The van der Waals surface area contributed by atoms with E-state index in [0.717, 1.165) is 10.9 Å². The van der Waals surface area contributed by atoms with E-state index in [1.54, 1.807) is 12.3 Å². The first kappa shape index (κ1) is 10.5. The van der Waals surface area contributed by atoms with E-state index in [2.05, 4.69) is 15.5 Å². The summed E-state index contributed by atoms with van der Waals surface area (Å²) in [5.74, 6) is -0.173. The van der Waals surface area contributed by atoms with Gasteiger partial charge in [0.2, 0.25) is 5.76 Å². The summed E-state index contributed by atoms with van der Waals surface area (Å²) >= 11 is 0. The molecular formula is C13H9N3O2. The van der Waals surface area contributed by atoms with Crippen molar-refractivity contribution < 1.29 is 9.32 Å². The second kappa shape index (κ2) is 4.29. The summed E-state index contributed by atoms with van der Waals surface area (Å²) in [5.41, 5.74) is 1.39. The van der Waals surface area contributed by atoms with Crippen molar-refractivity contribution >= 4 is 22.5 Å². The molecule has 0 spiro atoms. The smallest absolute Gasteiger partial charge is 0.294 e. The number of carbonyl (C=O) groups excluding carboxylic acids is 1. The molecule has 0 unspecified atom stereocenters. The molecule has 0 saturated heterocycles. The molecule has 0 radical (unpaired) electrons. The van der Waals surface area contributed by atoms with Gasteiger partial charge in [0.15, 0.2) is 0 Å². The summed E-state index contributed by atoms with van der Waals surface area (Å²) < 4.78 is 4.80. The zero-order valence-corrected chi connectivity index (χ0v) is 9.33. The van der Waals surface area contributed by atoms with Crippen LogP contribution in [0, 0.1) is 0 Å². The van der Waals surface area contributed by atoms with Gasteiger partial charge in [0.25, 0.3) is 5.91 Å². The third-order valence-corrected chi connectivity index (χ3v) is 2.54. The fourth-order valence-corrected chi connectivity index (χ4v) is 1.72. The molecule has 3 rings (SSSR count). The third-order valence-electron chi connectivity index (χ3n) is 2.54. The van der Waals surface area contributed by atoms with Crippen LogP contribution < -0.4 is 5.32 Å². The minimum absolute atomic E-state index is 0.169. The SMILES string of the molecule is O=C(Nc1cccc2cccnc12)c1ccno1. The van der Waals surface area contributed by atoms with Gasteiger partial charge in [-0.15, -0.1) is 0 Å². The van der Waals surface area contributed by atoms with Crippen LogP contribution in [-0.4, -0.2) is 16.0 Å². The maximum Gasteiger partial charge on any atom is 0.294 e. The minimum atomic E-state index is -0.342. The lowest BCUT2D eigenvalue weighted by molar-refractivity contribution is 0.0988. The average molecular weight is 239 g/mol. The number of para-hydroxylation sites is 1. The van der Waals surface area contributed by atoms with E-state index in [1.807, 2.05) is 24.3 Å². The molecule has 5 heteroatoms. The topological polar surface area (TPSA) is 68.0 Å². The maximum atomic E-state index is 11.8. The minimum Gasteiger partial charge on any atom is -0.351 e. The first-order valence-corrected chi connectivity index (χ1v) is 5.40. The predicted octanol–water partition coefficient (Wildman–Crippen LogP) is 2.48. The van der Waals surface area contributed by atoms with Crippen LogP contribution in [0.2, 0.25) is 0 Å². The molecule has 0 atom stereocenters. The predicted molar refractivity (Wildman–Crippen MR) is 66.2 cm³/mol. The summed E-state index contributed by atoms with van der Waals surface area (Å²) in [6.07, 6.45) is 3.11. The van der Waals surface area contributed by atoms with Gasteiger partial charge in [-0.1, -0.05) is 23.4 Å². The molecule has 2 heterocycles. The van der Waals surface area contributed by atoms with Crippen molar-refractivity contribution in [2.75, 3.05) is 5.32 Å². The van der Waals surface area contributed by atoms with Crippen molar-refractivity contribution in [1.82, 2.24) is 10.1 Å². The van der Waals surface area contributed by atoms with Gasteiger partial charge in [0, 0.05) is 17.6 Å². The highest BCUT2D eigenvalue weighted by Crippen LogP contribution is 2.21. The number of anilines is 1. The molecule has 0 aliphatic rings. The molecule has 88 valence electrons. The standard InChI is InChI=1S/C13H9N3O2/c17-13(11-6-8-15-18-11)16-10-5-1-3-9-4-2-7-14-12(9)10/h1-8H,(H,16,17). The van der Waals surface area contributed by atoms with Crippen LogP contribution in [0.25, 0.3) is 10.9 Å². The van der Waals surface area contributed by atoms with Gasteiger partial charge in [0.1, 0.15) is 0 Å². The molecule has 0 aliphatic carbocycles. The molecule has 5 nitrogen and oxygen atoms in total. The Balaban J connectivity index is 1.98. The number of nitrogens with zero attached hydrogens (tertiary/aromatic N) is 2. The van der Waals surface area contributed by atoms with Gasteiger partial charge in [0.05, 0.1) is 17.4 Å². The Labute approximate surface area is 102 Å². The second-order valence-corrected chi connectivity index (χ2v) is 3.71. The van der Waals surface area contributed by atoms with Crippen LogP contribution in [0.1, 0.15) is 10.6 Å². The fraction of sp³-hybridized carbons (Fsp3) is 0. The van der Waals surface area contributed by atoms with Crippen molar-refractivity contribution in [2.24, 2.45) is 0 Å². The number of hydrogen-bond acceptors (Lipinski definition) is 4. The number of pyridine rings is 1. The number of hydrogen-bond donors (Lipinski definition) is 1. The lowest BCUT2D eigenvalue weighted by Gasteiger charge is -2.05. The molecule has 18 heavy (non-hydrogen) atoms. The van der Waals surface area contributed by atoms with Crippen molar-refractivity contribution in [2.45, 2.75) is 0 Å². The first-order valence-electron chi connectivity index (χ1n) is 5.40. The first-order chi connectivity index (χ1) is 8.84. The number of aromatic nitrogens is 2. The van der Waals surface area contributed by atoms with Crippen molar-refractivity contribution in [1.29, 1.82) is 0 Å². The Morgan fingerprint density at radius 3 is 2.83 bits per heavy atom.